The highest BCUT2D eigenvalue weighted by Crippen LogP contribution is 2.34. The van der Waals surface area contributed by atoms with Crippen LogP contribution in [0.15, 0.2) is 11.2 Å². The van der Waals surface area contributed by atoms with Crippen molar-refractivity contribution in [3.05, 3.63) is 10.9 Å². The molecule has 7 heteroatoms. The highest BCUT2D eigenvalue weighted by atomic mass is 32.2. The fourth-order valence-corrected chi connectivity index (χ4v) is 5.46. The summed E-state index contributed by atoms with van der Waals surface area (Å²) < 4.78 is 0. The monoisotopic (exact) mass is 404 g/mol. The van der Waals surface area contributed by atoms with E-state index in [2.05, 4.69) is 15.2 Å². The first-order valence-electron chi connectivity index (χ1n) is 10.2. The Kier molecular flexibility index (Phi) is 6.18. The van der Waals surface area contributed by atoms with Gasteiger partial charge < -0.3 is 10.2 Å². The van der Waals surface area contributed by atoms with Gasteiger partial charge in [0, 0.05) is 19.1 Å². The summed E-state index contributed by atoms with van der Waals surface area (Å²) in [4.78, 5) is 26.4. The van der Waals surface area contributed by atoms with E-state index in [-0.39, 0.29) is 5.91 Å². The van der Waals surface area contributed by atoms with Crippen molar-refractivity contribution in [3.8, 4) is 0 Å². The van der Waals surface area contributed by atoms with Gasteiger partial charge in [-0.05, 0) is 38.0 Å². The molecule has 146 valence electrons. The Labute approximate surface area is 169 Å². The van der Waals surface area contributed by atoms with Gasteiger partial charge in [0.15, 0.2) is 5.16 Å². The summed E-state index contributed by atoms with van der Waals surface area (Å²) in [7, 11) is 0. The van der Waals surface area contributed by atoms with Crippen LogP contribution in [0.25, 0.3) is 10.2 Å². The van der Waals surface area contributed by atoms with E-state index in [0.717, 1.165) is 52.0 Å². The van der Waals surface area contributed by atoms with Gasteiger partial charge in [0.25, 0.3) is 5.91 Å². The predicted octanol–water partition coefficient (Wildman–Crippen LogP) is 4.86. The minimum Gasteiger partial charge on any atom is -0.356 e. The van der Waals surface area contributed by atoms with Crippen molar-refractivity contribution < 1.29 is 4.79 Å². The summed E-state index contributed by atoms with van der Waals surface area (Å²) in [5.74, 6) is 1.06. The Morgan fingerprint density at radius 2 is 1.81 bits per heavy atom. The van der Waals surface area contributed by atoms with Crippen LogP contribution in [0.2, 0.25) is 0 Å². The molecule has 0 unspecified atom stereocenters. The average Bonchev–Trinajstić information content (AvgIpc) is 3.32. The van der Waals surface area contributed by atoms with E-state index in [0.29, 0.717) is 6.04 Å². The number of nitrogens with one attached hydrogen (secondary N) is 1. The van der Waals surface area contributed by atoms with E-state index in [1.807, 2.05) is 12.3 Å². The van der Waals surface area contributed by atoms with Crippen molar-refractivity contribution in [2.45, 2.75) is 69.0 Å². The molecule has 0 bridgehead atoms. The summed E-state index contributed by atoms with van der Waals surface area (Å²) in [6, 6.07) is 2.32. The summed E-state index contributed by atoms with van der Waals surface area (Å²) in [5.41, 5.74) is 0. The number of fused-ring (bicyclic) bond motifs is 1. The van der Waals surface area contributed by atoms with Gasteiger partial charge in [-0.3, -0.25) is 4.79 Å². The second-order valence-electron chi connectivity index (χ2n) is 7.57. The minimum absolute atomic E-state index is 0.0571. The Morgan fingerprint density at radius 3 is 2.52 bits per heavy atom. The number of carbonyl (C=O) groups is 1. The van der Waals surface area contributed by atoms with E-state index < -0.39 is 0 Å². The Morgan fingerprint density at radius 1 is 1.11 bits per heavy atom. The molecule has 0 radical (unpaired) electrons. The lowest BCUT2D eigenvalue weighted by molar-refractivity contribution is 0.0934. The lowest BCUT2D eigenvalue weighted by Crippen LogP contribution is -2.34. The van der Waals surface area contributed by atoms with Crippen molar-refractivity contribution in [1.29, 1.82) is 0 Å². The molecule has 0 spiro atoms. The third kappa shape index (κ3) is 4.40. The van der Waals surface area contributed by atoms with Gasteiger partial charge >= 0.3 is 0 Å². The zero-order valence-corrected chi connectivity index (χ0v) is 17.6. The summed E-state index contributed by atoms with van der Waals surface area (Å²) in [5, 5.41) is 5.11. The van der Waals surface area contributed by atoms with Crippen LogP contribution in [0.4, 0.5) is 5.82 Å². The number of hydrogen-bond donors (Lipinski definition) is 1. The number of rotatable bonds is 4. The molecule has 1 N–H and O–H groups in total. The highest BCUT2D eigenvalue weighted by Gasteiger charge is 2.22. The van der Waals surface area contributed by atoms with E-state index in [9.17, 15) is 4.79 Å². The van der Waals surface area contributed by atoms with Gasteiger partial charge in [0.2, 0.25) is 0 Å². The molecule has 1 saturated carbocycles. The normalized spacial score (nSPS) is 19.2. The standard InChI is InChI=1S/C20H28N4OS2/c1-26-20-22-17(24-11-7-8-12-24)15-13-16(27-19(15)23-20)18(25)21-14-9-5-3-2-4-6-10-14/h13-14H,2-12H2,1H3,(H,21,25). The van der Waals surface area contributed by atoms with Gasteiger partial charge in [-0.15, -0.1) is 11.3 Å². The number of nitrogens with zero attached hydrogens (tertiary/aromatic N) is 3. The quantitative estimate of drug-likeness (QED) is 0.583. The molecule has 2 fully saturated rings. The molecule has 2 aromatic heterocycles. The third-order valence-corrected chi connectivity index (χ3v) is 7.18. The molecule has 1 saturated heterocycles. The molecule has 2 aliphatic rings. The van der Waals surface area contributed by atoms with Crippen LogP contribution in [0.3, 0.4) is 0 Å². The lowest BCUT2D eigenvalue weighted by atomic mass is 9.97. The average molecular weight is 405 g/mol. The van der Waals surface area contributed by atoms with Crippen molar-refractivity contribution in [3.63, 3.8) is 0 Å². The molecule has 0 aromatic carbocycles. The smallest absolute Gasteiger partial charge is 0.261 e. The summed E-state index contributed by atoms with van der Waals surface area (Å²) in [6.45, 7) is 2.08. The number of hydrogen-bond acceptors (Lipinski definition) is 6. The molecule has 2 aromatic rings. The highest BCUT2D eigenvalue weighted by molar-refractivity contribution is 7.98. The molecule has 1 amide bonds. The molecule has 4 rings (SSSR count). The molecular weight excluding hydrogens is 376 g/mol. The minimum atomic E-state index is 0.0571. The van der Waals surface area contributed by atoms with Crippen LogP contribution in [0.5, 0.6) is 0 Å². The van der Waals surface area contributed by atoms with E-state index >= 15 is 0 Å². The third-order valence-electron chi connectivity index (χ3n) is 5.60. The van der Waals surface area contributed by atoms with Gasteiger partial charge in [-0.1, -0.05) is 43.9 Å². The van der Waals surface area contributed by atoms with Crippen molar-refractivity contribution in [1.82, 2.24) is 15.3 Å². The fraction of sp³-hybridized carbons (Fsp3) is 0.650. The molecule has 1 aliphatic carbocycles. The number of thioether (sulfide) groups is 1. The Hall–Kier alpha value is -1.34. The lowest BCUT2D eigenvalue weighted by Gasteiger charge is -2.20. The maximum Gasteiger partial charge on any atom is 0.261 e. The molecule has 27 heavy (non-hydrogen) atoms. The second-order valence-corrected chi connectivity index (χ2v) is 9.38. The number of carbonyl (C=O) groups excluding carboxylic acids is 1. The fourth-order valence-electron chi connectivity index (χ4n) is 4.12. The van der Waals surface area contributed by atoms with E-state index in [4.69, 9.17) is 4.98 Å². The number of anilines is 1. The zero-order valence-electron chi connectivity index (χ0n) is 16.0. The SMILES string of the molecule is CSc1nc(N2CCCC2)c2cc(C(=O)NC3CCCCCCC3)sc2n1. The van der Waals surface area contributed by atoms with Gasteiger partial charge in [-0.2, -0.15) is 0 Å². The van der Waals surface area contributed by atoms with Crippen LogP contribution in [0, 0.1) is 0 Å². The molecular formula is C20H28N4OS2. The van der Waals surface area contributed by atoms with Crippen LogP contribution in [0.1, 0.15) is 67.5 Å². The Balaban J connectivity index is 1.58. The maximum atomic E-state index is 12.9. The van der Waals surface area contributed by atoms with Gasteiger partial charge in [0.05, 0.1) is 10.3 Å². The Bertz CT molecular complexity index is 793. The molecule has 1 aliphatic heterocycles. The van der Waals surface area contributed by atoms with E-state index in [1.54, 1.807) is 11.8 Å². The topological polar surface area (TPSA) is 58.1 Å². The molecule has 0 atom stereocenters. The molecule has 5 nitrogen and oxygen atoms in total. The number of thiophene rings is 1. The van der Waals surface area contributed by atoms with Crippen molar-refractivity contribution in [2.24, 2.45) is 0 Å². The first kappa shape index (κ1) is 19.0. The largest absolute Gasteiger partial charge is 0.356 e. The van der Waals surface area contributed by atoms with Crippen molar-refractivity contribution >= 4 is 45.0 Å². The van der Waals surface area contributed by atoms with Gasteiger partial charge in [0.1, 0.15) is 10.6 Å². The maximum absolute atomic E-state index is 12.9. The molecule has 3 heterocycles. The zero-order chi connectivity index (χ0) is 18.6. The first-order valence-corrected chi connectivity index (χ1v) is 12.2. The predicted molar refractivity (Wildman–Crippen MR) is 114 cm³/mol. The summed E-state index contributed by atoms with van der Waals surface area (Å²) in [6.07, 6.45) is 13.0. The van der Waals surface area contributed by atoms with Crippen molar-refractivity contribution in [2.75, 3.05) is 24.2 Å². The van der Waals surface area contributed by atoms with Gasteiger partial charge in [-0.25, -0.2) is 9.97 Å². The first-order chi connectivity index (χ1) is 13.2. The second kappa shape index (κ2) is 8.78. The van der Waals surface area contributed by atoms with E-state index in [1.165, 1.54) is 56.3 Å². The van der Waals surface area contributed by atoms with Crippen LogP contribution >= 0.6 is 23.1 Å². The number of aromatic nitrogens is 2. The number of amides is 1. The summed E-state index contributed by atoms with van der Waals surface area (Å²) >= 11 is 3.07. The van der Waals surface area contributed by atoms with Crippen LogP contribution < -0.4 is 10.2 Å². The van der Waals surface area contributed by atoms with Crippen LogP contribution in [-0.4, -0.2) is 41.3 Å². The van der Waals surface area contributed by atoms with Crippen LogP contribution in [-0.2, 0) is 0 Å².